The Kier molecular flexibility index (Phi) is 3.50. The number of anilines is 2. The van der Waals surface area contributed by atoms with E-state index >= 15 is 0 Å². The summed E-state index contributed by atoms with van der Waals surface area (Å²) in [5.74, 6) is -0.0321. The molecule has 2 heterocycles. The van der Waals surface area contributed by atoms with Crippen molar-refractivity contribution in [1.29, 1.82) is 0 Å². The van der Waals surface area contributed by atoms with Gasteiger partial charge in [0.05, 0.1) is 11.3 Å². The molecule has 1 aliphatic heterocycles. The summed E-state index contributed by atoms with van der Waals surface area (Å²) >= 11 is 0. The molecule has 1 aliphatic rings. The highest BCUT2D eigenvalue weighted by molar-refractivity contribution is 6.11. The quantitative estimate of drug-likeness (QED) is 0.789. The second-order valence-corrected chi connectivity index (χ2v) is 5.86. The fourth-order valence-electron chi connectivity index (χ4n) is 2.98. The van der Waals surface area contributed by atoms with E-state index < -0.39 is 0 Å². The Bertz CT molecular complexity index is 875. The molecule has 0 aliphatic carbocycles. The van der Waals surface area contributed by atoms with Crippen molar-refractivity contribution >= 4 is 17.3 Å². The lowest BCUT2D eigenvalue weighted by atomic mass is 10.2. The number of fused-ring (bicyclic) bond motifs is 1. The Morgan fingerprint density at radius 2 is 1.71 bits per heavy atom. The topological polar surface area (TPSA) is 45.2 Å². The van der Waals surface area contributed by atoms with Crippen molar-refractivity contribution in [2.24, 2.45) is 0 Å². The first-order valence-electron chi connectivity index (χ1n) is 7.91. The van der Waals surface area contributed by atoms with Gasteiger partial charge in [0, 0.05) is 17.6 Å². The minimum Gasteiger partial charge on any atom is -0.360 e. The van der Waals surface area contributed by atoms with E-state index in [1.54, 1.807) is 17.2 Å². The Morgan fingerprint density at radius 1 is 0.958 bits per heavy atom. The van der Waals surface area contributed by atoms with Crippen molar-refractivity contribution in [2.75, 3.05) is 10.2 Å². The van der Waals surface area contributed by atoms with Crippen LogP contribution in [0.1, 0.15) is 27.8 Å². The molecule has 1 atom stereocenters. The maximum absolute atomic E-state index is 12.9. The lowest BCUT2D eigenvalue weighted by Gasteiger charge is -2.26. The predicted octanol–water partition coefficient (Wildman–Crippen LogP) is 4.16. The van der Waals surface area contributed by atoms with Gasteiger partial charge in [-0.1, -0.05) is 35.9 Å². The molecule has 0 fully saturated rings. The third-order valence-corrected chi connectivity index (χ3v) is 4.19. The van der Waals surface area contributed by atoms with Crippen molar-refractivity contribution in [3.8, 4) is 0 Å². The second-order valence-electron chi connectivity index (χ2n) is 5.86. The van der Waals surface area contributed by atoms with Crippen LogP contribution >= 0.6 is 0 Å². The number of benzene rings is 2. The molecule has 4 heteroatoms. The lowest BCUT2D eigenvalue weighted by Crippen LogP contribution is -2.32. The number of amides is 1. The van der Waals surface area contributed by atoms with Crippen LogP contribution in [-0.2, 0) is 0 Å². The Hall–Kier alpha value is -3.14. The van der Waals surface area contributed by atoms with Gasteiger partial charge in [-0.15, -0.1) is 0 Å². The van der Waals surface area contributed by atoms with E-state index in [1.165, 1.54) is 0 Å². The zero-order valence-corrected chi connectivity index (χ0v) is 13.3. The van der Waals surface area contributed by atoms with Crippen molar-refractivity contribution in [1.82, 2.24) is 4.98 Å². The first-order valence-corrected chi connectivity index (χ1v) is 7.91. The molecule has 4 rings (SSSR count). The smallest absolute Gasteiger partial charge is 0.262 e. The highest BCUT2D eigenvalue weighted by atomic mass is 16.2. The number of pyridine rings is 1. The van der Waals surface area contributed by atoms with Crippen LogP contribution < -0.4 is 10.2 Å². The largest absolute Gasteiger partial charge is 0.360 e. The van der Waals surface area contributed by atoms with Crippen molar-refractivity contribution in [3.63, 3.8) is 0 Å². The Morgan fingerprint density at radius 3 is 2.46 bits per heavy atom. The standard InChI is InChI=1S/C20H17N3O/c1-14-9-11-16(12-10-14)23-19(22-15-6-3-2-4-7-15)18-17(20(23)24)8-5-13-21-18/h2-13,19,22H,1H3/t19-/m1/s1. The van der Waals surface area contributed by atoms with E-state index in [0.29, 0.717) is 5.56 Å². The number of hydrogen-bond acceptors (Lipinski definition) is 3. The minimum atomic E-state index is -0.321. The highest BCUT2D eigenvalue weighted by Crippen LogP contribution is 2.36. The average molecular weight is 315 g/mol. The fraction of sp³-hybridized carbons (Fsp3) is 0.100. The van der Waals surface area contributed by atoms with E-state index in [-0.39, 0.29) is 12.1 Å². The minimum absolute atomic E-state index is 0.0321. The van der Waals surface area contributed by atoms with Gasteiger partial charge < -0.3 is 5.32 Å². The first kappa shape index (κ1) is 14.5. The average Bonchev–Trinajstić information content (AvgIpc) is 2.89. The molecule has 4 nitrogen and oxygen atoms in total. The molecule has 3 aromatic rings. The number of aryl methyl sites for hydroxylation is 1. The van der Waals surface area contributed by atoms with E-state index in [4.69, 9.17) is 0 Å². The van der Waals surface area contributed by atoms with E-state index in [2.05, 4.69) is 10.3 Å². The Labute approximate surface area is 140 Å². The van der Waals surface area contributed by atoms with E-state index in [9.17, 15) is 4.79 Å². The van der Waals surface area contributed by atoms with Crippen molar-refractivity contribution in [2.45, 2.75) is 13.1 Å². The van der Waals surface area contributed by atoms with E-state index in [0.717, 1.165) is 22.6 Å². The predicted molar refractivity (Wildman–Crippen MR) is 95.0 cm³/mol. The molecule has 1 amide bonds. The maximum atomic E-state index is 12.9. The van der Waals surface area contributed by atoms with Gasteiger partial charge in [-0.2, -0.15) is 0 Å². The number of rotatable bonds is 3. The van der Waals surface area contributed by atoms with Gasteiger partial charge in [0.15, 0.2) is 6.17 Å². The molecular formula is C20H17N3O. The highest BCUT2D eigenvalue weighted by Gasteiger charge is 2.38. The third kappa shape index (κ3) is 2.42. The summed E-state index contributed by atoms with van der Waals surface area (Å²) in [6.45, 7) is 2.03. The van der Waals surface area contributed by atoms with Gasteiger partial charge in [0.25, 0.3) is 5.91 Å². The lowest BCUT2D eigenvalue weighted by molar-refractivity contribution is 0.0993. The SMILES string of the molecule is Cc1ccc(N2C(=O)c3cccnc3[C@@H]2Nc2ccccc2)cc1. The maximum Gasteiger partial charge on any atom is 0.262 e. The summed E-state index contributed by atoms with van der Waals surface area (Å²) in [5.41, 5.74) is 4.37. The van der Waals surface area contributed by atoms with Crippen molar-refractivity contribution < 1.29 is 4.79 Å². The molecule has 0 bridgehead atoms. The number of hydrogen-bond donors (Lipinski definition) is 1. The van der Waals surface area contributed by atoms with E-state index in [1.807, 2.05) is 67.6 Å². The molecule has 0 spiro atoms. The summed E-state index contributed by atoms with van der Waals surface area (Å²) in [7, 11) is 0. The molecule has 1 aromatic heterocycles. The van der Waals surface area contributed by atoms with Crippen LogP contribution in [0, 0.1) is 6.92 Å². The molecule has 0 unspecified atom stereocenters. The zero-order valence-electron chi connectivity index (χ0n) is 13.3. The summed E-state index contributed by atoms with van der Waals surface area (Å²) in [4.78, 5) is 19.2. The molecular weight excluding hydrogens is 298 g/mol. The number of aromatic nitrogens is 1. The van der Waals surface area contributed by atoms with Crippen LogP contribution in [0.15, 0.2) is 72.9 Å². The molecule has 0 radical (unpaired) electrons. The third-order valence-electron chi connectivity index (χ3n) is 4.19. The van der Waals surface area contributed by atoms with Crippen LogP contribution in [-0.4, -0.2) is 10.9 Å². The van der Waals surface area contributed by atoms with Gasteiger partial charge in [0.1, 0.15) is 0 Å². The number of nitrogens with zero attached hydrogens (tertiary/aromatic N) is 2. The zero-order chi connectivity index (χ0) is 16.5. The normalized spacial score (nSPS) is 16.1. The van der Waals surface area contributed by atoms with Gasteiger partial charge in [-0.05, 0) is 43.3 Å². The number of carbonyl (C=O) groups excluding carboxylic acids is 1. The molecule has 118 valence electrons. The molecule has 0 saturated heterocycles. The van der Waals surface area contributed by atoms with Gasteiger partial charge in [0.2, 0.25) is 0 Å². The van der Waals surface area contributed by atoms with Gasteiger partial charge in [-0.25, -0.2) is 0 Å². The van der Waals surface area contributed by atoms with Gasteiger partial charge in [-0.3, -0.25) is 14.7 Å². The monoisotopic (exact) mass is 315 g/mol. The van der Waals surface area contributed by atoms with Crippen LogP contribution in [0.2, 0.25) is 0 Å². The second kappa shape index (κ2) is 5.81. The molecule has 24 heavy (non-hydrogen) atoms. The first-order chi connectivity index (χ1) is 11.7. The summed E-state index contributed by atoms with van der Waals surface area (Å²) in [6, 6.07) is 21.5. The van der Waals surface area contributed by atoms with Crippen LogP contribution in [0.3, 0.4) is 0 Å². The number of para-hydroxylation sites is 1. The fourth-order valence-corrected chi connectivity index (χ4v) is 2.98. The molecule has 2 aromatic carbocycles. The Balaban J connectivity index is 1.79. The van der Waals surface area contributed by atoms with Crippen LogP contribution in [0.5, 0.6) is 0 Å². The van der Waals surface area contributed by atoms with Crippen molar-refractivity contribution in [3.05, 3.63) is 89.7 Å². The molecule has 1 N–H and O–H groups in total. The summed E-state index contributed by atoms with van der Waals surface area (Å²) in [6.07, 6.45) is 1.41. The summed E-state index contributed by atoms with van der Waals surface area (Å²) in [5, 5.41) is 3.43. The molecule has 0 saturated carbocycles. The number of carbonyl (C=O) groups is 1. The summed E-state index contributed by atoms with van der Waals surface area (Å²) < 4.78 is 0. The van der Waals surface area contributed by atoms with Gasteiger partial charge >= 0.3 is 0 Å². The van der Waals surface area contributed by atoms with Crippen LogP contribution in [0.4, 0.5) is 11.4 Å². The van der Waals surface area contributed by atoms with Crippen LogP contribution in [0.25, 0.3) is 0 Å². The number of nitrogens with one attached hydrogen (secondary N) is 1.